The number of aliphatic imine (C=N–C) groups is 1. The van der Waals surface area contributed by atoms with Crippen LogP contribution in [0.4, 0.5) is 14.5 Å². The van der Waals surface area contributed by atoms with E-state index in [9.17, 15) is 13.6 Å². The quantitative estimate of drug-likeness (QED) is 0.431. The van der Waals surface area contributed by atoms with Gasteiger partial charge in [0.1, 0.15) is 29.6 Å². The molecule has 4 N–H and O–H groups in total. The number of anilines is 1. The highest BCUT2D eigenvalue weighted by Gasteiger charge is 2.22. The van der Waals surface area contributed by atoms with Gasteiger partial charge in [-0.2, -0.15) is 0 Å². The van der Waals surface area contributed by atoms with E-state index in [0.717, 1.165) is 34.5 Å². The molecule has 152 valence electrons. The standard InChI is InChI=1S/C21H16F2N4O2S/c22-13-2-3-16(15(23)9-13)27-21(26-10-24)18-8-11-5-6-29-17-4-1-12(20(25)28)7-14(17)19(11)30-18/h1-4,7-10H,5-6H2,(H2,25,28)(H2,24,26,27). The van der Waals surface area contributed by atoms with Gasteiger partial charge in [-0.25, -0.2) is 13.8 Å². The molecule has 1 amide bonds. The number of nitrogens with two attached hydrogens (primary N) is 1. The minimum Gasteiger partial charge on any atom is -0.493 e. The van der Waals surface area contributed by atoms with Crippen LogP contribution in [0.5, 0.6) is 5.75 Å². The Morgan fingerprint density at radius 2 is 2.07 bits per heavy atom. The lowest BCUT2D eigenvalue weighted by atomic mass is 10.0. The minimum atomic E-state index is -0.768. The first-order valence-electron chi connectivity index (χ1n) is 8.95. The maximum absolute atomic E-state index is 14.1. The van der Waals surface area contributed by atoms with Crippen molar-refractivity contribution in [2.45, 2.75) is 6.42 Å². The first kappa shape index (κ1) is 19.7. The molecule has 1 aliphatic heterocycles. The summed E-state index contributed by atoms with van der Waals surface area (Å²) >= 11 is 1.36. The van der Waals surface area contributed by atoms with Gasteiger partial charge in [-0.15, -0.1) is 11.3 Å². The van der Waals surface area contributed by atoms with Crippen LogP contribution in [-0.2, 0) is 6.42 Å². The van der Waals surface area contributed by atoms with Crippen molar-refractivity contribution in [3.63, 3.8) is 0 Å². The summed E-state index contributed by atoms with van der Waals surface area (Å²) in [5.41, 5.74) is 7.52. The fraction of sp³-hybridized carbons (Fsp3) is 0.0952. The Labute approximate surface area is 174 Å². The predicted octanol–water partition coefficient (Wildman–Crippen LogP) is 4.19. The zero-order valence-electron chi connectivity index (χ0n) is 15.5. The van der Waals surface area contributed by atoms with Crippen LogP contribution < -0.4 is 15.8 Å². The van der Waals surface area contributed by atoms with Gasteiger partial charge in [0.15, 0.2) is 0 Å². The van der Waals surface area contributed by atoms with Crippen molar-refractivity contribution in [3.05, 3.63) is 70.1 Å². The molecule has 0 bridgehead atoms. The minimum absolute atomic E-state index is 0.0420. The fourth-order valence-corrected chi connectivity index (χ4v) is 4.34. The number of amidine groups is 1. The average Bonchev–Trinajstić information content (AvgIpc) is 3.06. The number of primary amides is 1. The lowest BCUT2D eigenvalue weighted by molar-refractivity contribution is 0.100. The number of ether oxygens (including phenoxy) is 1. The van der Waals surface area contributed by atoms with Gasteiger partial charge in [0.2, 0.25) is 5.91 Å². The number of halogens is 2. The van der Waals surface area contributed by atoms with Crippen LogP contribution in [-0.4, -0.2) is 24.7 Å². The topological polar surface area (TPSA) is 101 Å². The Morgan fingerprint density at radius 1 is 1.23 bits per heavy atom. The van der Waals surface area contributed by atoms with Crippen molar-refractivity contribution in [1.29, 1.82) is 5.41 Å². The van der Waals surface area contributed by atoms with Gasteiger partial charge >= 0.3 is 0 Å². The average molecular weight is 426 g/mol. The largest absolute Gasteiger partial charge is 0.493 e. The molecular formula is C21H16F2N4O2S. The number of rotatable bonds is 4. The highest BCUT2D eigenvalue weighted by atomic mass is 32.1. The molecular weight excluding hydrogens is 410 g/mol. The van der Waals surface area contributed by atoms with E-state index in [4.69, 9.17) is 15.9 Å². The first-order chi connectivity index (χ1) is 14.5. The highest BCUT2D eigenvalue weighted by Crippen LogP contribution is 2.41. The van der Waals surface area contributed by atoms with Gasteiger partial charge in [0, 0.05) is 28.5 Å². The maximum Gasteiger partial charge on any atom is 0.248 e. The molecule has 6 nitrogen and oxygen atoms in total. The summed E-state index contributed by atoms with van der Waals surface area (Å²) in [6, 6.07) is 10.1. The molecule has 2 heterocycles. The van der Waals surface area contributed by atoms with Crippen molar-refractivity contribution in [2.24, 2.45) is 10.7 Å². The lowest BCUT2D eigenvalue weighted by Gasteiger charge is -2.10. The maximum atomic E-state index is 14.1. The number of hydrogen-bond donors (Lipinski definition) is 3. The summed E-state index contributed by atoms with van der Waals surface area (Å²) in [7, 11) is 0. The molecule has 1 aliphatic rings. The number of hydrogen-bond acceptors (Lipinski definition) is 4. The van der Waals surface area contributed by atoms with Crippen molar-refractivity contribution >= 4 is 35.1 Å². The molecule has 3 aromatic rings. The molecule has 30 heavy (non-hydrogen) atoms. The second-order valence-corrected chi connectivity index (χ2v) is 7.55. The molecule has 4 rings (SSSR count). The van der Waals surface area contributed by atoms with Crippen LogP contribution in [0.1, 0.15) is 20.8 Å². The van der Waals surface area contributed by atoms with Crippen molar-refractivity contribution < 1.29 is 18.3 Å². The number of benzene rings is 2. The van der Waals surface area contributed by atoms with E-state index >= 15 is 0 Å². The summed E-state index contributed by atoms with van der Waals surface area (Å²) in [6.07, 6.45) is 1.46. The summed E-state index contributed by atoms with van der Waals surface area (Å²) in [5.74, 6) is -1.11. The number of nitrogens with one attached hydrogen (secondary N) is 2. The number of fused-ring (bicyclic) bond motifs is 3. The number of thiophene rings is 1. The monoisotopic (exact) mass is 426 g/mol. The predicted molar refractivity (Wildman–Crippen MR) is 113 cm³/mol. The van der Waals surface area contributed by atoms with E-state index in [0.29, 0.717) is 29.2 Å². The number of carbonyl (C=O) groups is 1. The van der Waals surface area contributed by atoms with Crippen molar-refractivity contribution in [3.8, 4) is 16.2 Å². The number of carbonyl (C=O) groups excluding carboxylic acids is 1. The Morgan fingerprint density at radius 3 is 2.80 bits per heavy atom. The third-order valence-electron chi connectivity index (χ3n) is 4.56. The second kappa shape index (κ2) is 8.03. The Hall–Kier alpha value is -3.59. The van der Waals surface area contributed by atoms with E-state index in [1.807, 2.05) is 6.07 Å². The zero-order chi connectivity index (χ0) is 21.3. The van der Waals surface area contributed by atoms with E-state index in [2.05, 4.69) is 10.3 Å². The fourth-order valence-electron chi connectivity index (χ4n) is 3.16. The van der Waals surface area contributed by atoms with Gasteiger partial charge in [-0.3, -0.25) is 10.2 Å². The molecule has 0 aliphatic carbocycles. The zero-order valence-corrected chi connectivity index (χ0v) is 16.4. The molecule has 0 fully saturated rings. The van der Waals surface area contributed by atoms with Crippen LogP contribution in [0.15, 0.2) is 47.5 Å². The molecule has 0 radical (unpaired) electrons. The smallest absolute Gasteiger partial charge is 0.248 e. The second-order valence-electron chi connectivity index (χ2n) is 6.49. The molecule has 0 saturated carbocycles. The van der Waals surface area contributed by atoms with Gasteiger partial charge in [-0.05, 0) is 42.0 Å². The van der Waals surface area contributed by atoms with Crippen molar-refractivity contribution in [2.75, 3.05) is 11.9 Å². The summed E-state index contributed by atoms with van der Waals surface area (Å²) < 4.78 is 33.1. The van der Waals surface area contributed by atoms with Crippen molar-refractivity contribution in [1.82, 2.24) is 0 Å². The van der Waals surface area contributed by atoms with E-state index in [-0.39, 0.29) is 11.5 Å². The molecule has 1 aromatic heterocycles. The van der Waals surface area contributed by atoms with Crippen LogP contribution >= 0.6 is 11.3 Å². The van der Waals surface area contributed by atoms with E-state index in [1.165, 1.54) is 17.4 Å². The third-order valence-corrected chi connectivity index (χ3v) is 5.78. The Bertz CT molecular complexity index is 1190. The number of amides is 1. The van der Waals surface area contributed by atoms with E-state index < -0.39 is 17.5 Å². The normalized spacial score (nSPS) is 12.9. The van der Waals surface area contributed by atoms with Gasteiger partial charge in [-0.1, -0.05) is 0 Å². The van der Waals surface area contributed by atoms with Gasteiger partial charge < -0.3 is 15.8 Å². The Kier molecular flexibility index (Phi) is 5.28. The van der Waals surface area contributed by atoms with E-state index in [1.54, 1.807) is 18.2 Å². The molecule has 0 saturated heterocycles. The first-order valence-corrected chi connectivity index (χ1v) is 9.77. The third kappa shape index (κ3) is 3.79. The summed E-state index contributed by atoms with van der Waals surface area (Å²) in [6.45, 7) is 0.448. The molecule has 9 heteroatoms. The van der Waals surface area contributed by atoms with Crippen LogP contribution in [0.2, 0.25) is 0 Å². The Balaban J connectivity index is 1.77. The number of nitrogens with zero attached hydrogens (tertiary/aromatic N) is 1. The molecule has 0 atom stereocenters. The van der Waals surface area contributed by atoms with Gasteiger partial charge in [0.25, 0.3) is 0 Å². The van der Waals surface area contributed by atoms with Crippen LogP contribution in [0, 0.1) is 17.0 Å². The van der Waals surface area contributed by atoms with Crippen LogP contribution in [0.3, 0.4) is 0 Å². The van der Waals surface area contributed by atoms with Crippen LogP contribution in [0.25, 0.3) is 10.4 Å². The summed E-state index contributed by atoms with van der Waals surface area (Å²) in [4.78, 5) is 17.2. The lowest BCUT2D eigenvalue weighted by Crippen LogP contribution is -2.13. The molecule has 2 aromatic carbocycles. The highest BCUT2D eigenvalue weighted by molar-refractivity contribution is 7.17. The summed E-state index contributed by atoms with van der Waals surface area (Å²) in [5, 5.41) is 10.2. The molecule has 0 spiro atoms. The molecule has 0 unspecified atom stereocenters. The van der Waals surface area contributed by atoms with Gasteiger partial charge in [0.05, 0.1) is 17.2 Å². The SMILES string of the molecule is N=C/N=C(\Nc1ccc(F)cc1F)c1cc2c(s1)-c1cc(C(N)=O)ccc1OCC2.